The molecule has 0 aliphatic heterocycles. The summed E-state index contributed by atoms with van der Waals surface area (Å²) in [5.74, 6) is 0.965. The number of fused-ring (bicyclic) bond motifs is 3. The monoisotopic (exact) mass is 214 g/mol. The van der Waals surface area contributed by atoms with Gasteiger partial charge in [0.25, 0.3) is 0 Å². The summed E-state index contributed by atoms with van der Waals surface area (Å²) in [5.41, 5.74) is 2.60. The lowest BCUT2D eigenvalue weighted by Gasteiger charge is -2.13. The minimum atomic E-state index is 0.0165. The number of furan rings is 2. The van der Waals surface area contributed by atoms with Gasteiger partial charge in [-0.1, -0.05) is 32.9 Å². The van der Waals surface area contributed by atoms with Crippen molar-refractivity contribution in [1.82, 2.24) is 0 Å². The Bertz CT molecular complexity index is 650. The number of hydrogen-bond acceptors (Lipinski definition) is 2. The second-order valence-corrected chi connectivity index (χ2v) is 5.15. The molecule has 0 atom stereocenters. The van der Waals surface area contributed by atoms with Gasteiger partial charge in [-0.15, -0.1) is 0 Å². The van der Waals surface area contributed by atoms with Crippen LogP contribution < -0.4 is 0 Å². The third kappa shape index (κ3) is 1.26. The fourth-order valence-corrected chi connectivity index (χ4v) is 1.87. The Labute approximate surface area is 93.8 Å². The molecule has 3 rings (SSSR count). The van der Waals surface area contributed by atoms with Crippen molar-refractivity contribution in [2.45, 2.75) is 26.2 Å². The molecule has 0 N–H and O–H groups in total. The van der Waals surface area contributed by atoms with Crippen molar-refractivity contribution >= 4 is 22.1 Å². The fraction of sp³-hybridized carbons (Fsp3) is 0.286. The van der Waals surface area contributed by atoms with Crippen molar-refractivity contribution in [3.63, 3.8) is 0 Å². The Balaban J connectivity index is 2.35. The minimum absolute atomic E-state index is 0.0165. The summed E-state index contributed by atoms with van der Waals surface area (Å²) in [6.45, 7) is 6.40. The van der Waals surface area contributed by atoms with E-state index in [1.165, 1.54) is 0 Å². The average molecular weight is 214 g/mol. The van der Waals surface area contributed by atoms with Gasteiger partial charge in [0, 0.05) is 11.5 Å². The Kier molecular flexibility index (Phi) is 1.73. The zero-order valence-electron chi connectivity index (χ0n) is 9.70. The van der Waals surface area contributed by atoms with Gasteiger partial charge >= 0.3 is 0 Å². The first-order valence-corrected chi connectivity index (χ1v) is 5.47. The Morgan fingerprint density at radius 3 is 2.44 bits per heavy atom. The fourth-order valence-electron chi connectivity index (χ4n) is 1.87. The van der Waals surface area contributed by atoms with Crippen LogP contribution in [0, 0.1) is 0 Å². The number of para-hydroxylation sites is 1. The Morgan fingerprint density at radius 1 is 0.938 bits per heavy atom. The molecule has 2 nitrogen and oxygen atoms in total. The Morgan fingerprint density at radius 2 is 1.69 bits per heavy atom. The van der Waals surface area contributed by atoms with Crippen LogP contribution in [0.1, 0.15) is 26.5 Å². The predicted molar refractivity (Wildman–Crippen MR) is 64.7 cm³/mol. The van der Waals surface area contributed by atoms with Crippen molar-refractivity contribution in [1.29, 1.82) is 0 Å². The molecule has 82 valence electrons. The second-order valence-electron chi connectivity index (χ2n) is 5.15. The summed E-state index contributed by atoms with van der Waals surface area (Å²) in [5, 5.41) is 1.05. The van der Waals surface area contributed by atoms with Crippen molar-refractivity contribution in [3.8, 4) is 0 Å². The van der Waals surface area contributed by atoms with E-state index >= 15 is 0 Å². The molecule has 2 aromatic heterocycles. The maximum atomic E-state index is 5.89. The molecule has 0 saturated heterocycles. The Hall–Kier alpha value is -1.70. The molecule has 0 unspecified atom stereocenters. The van der Waals surface area contributed by atoms with Crippen molar-refractivity contribution in [3.05, 3.63) is 36.1 Å². The highest BCUT2D eigenvalue weighted by atomic mass is 16.4. The molecule has 0 saturated carbocycles. The van der Waals surface area contributed by atoms with Crippen LogP contribution in [0.25, 0.3) is 22.1 Å². The van der Waals surface area contributed by atoms with Crippen LogP contribution >= 0.6 is 0 Å². The van der Waals surface area contributed by atoms with E-state index in [-0.39, 0.29) is 5.41 Å². The van der Waals surface area contributed by atoms with Crippen LogP contribution in [-0.4, -0.2) is 0 Å². The first-order valence-electron chi connectivity index (χ1n) is 5.47. The molecular formula is C14H14O2. The van der Waals surface area contributed by atoms with Gasteiger partial charge in [0.15, 0.2) is 11.2 Å². The van der Waals surface area contributed by atoms with Gasteiger partial charge in [0.2, 0.25) is 0 Å². The molecule has 0 spiro atoms. The summed E-state index contributed by atoms with van der Waals surface area (Å²) < 4.78 is 11.6. The van der Waals surface area contributed by atoms with Crippen LogP contribution in [0.2, 0.25) is 0 Å². The largest absolute Gasteiger partial charge is 0.456 e. The third-order valence-electron chi connectivity index (χ3n) is 2.79. The van der Waals surface area contributed by atoms with E-state index < -0.39 is 0 Å². The van der Waals surface area contributed by atoms with E-state index in [4.69, 9.17) is 8.83 Å². The summed E-state index contributed by atoms with van der Waals surface area (Å²) in [6, 6.07) is 9.94. The topological polar surface area (TPSA) is 26.3 Å². The van der Waals surface area contributed by atoms with E-state index in [1.54, 1.807) is 0 Å². The van der Waals surface area contributed by atoms with Crippen LogP contribution in [0.15, 0.2) is 39.2 Å². The molecule has 0 bridgehead atoms. The molecule has 1 aromatic carbocycles. The van der Waals surface area contributed by atoms with Gasteiger partial charge < -0.3 is 8.83 Å². The zero-order valence-corrected chi connectivity index (χ0v) is 9.70. The molecule has 3 aromatic rings. The first kappa shape index (κ1) is 9.52. The van der Waals surface area contributed by atoms with Gasteiger partial charge in [-0.2, -0.15) is 0 Å². The third-order valence-corrected chi connectivity index (χ3v) is 2.79. The molecule has 2 heterocycles. The number of hydrogen-bond donors (Lipinski definition) is 0. The summed E-state index contributed by atoms with van der Waals surface area (Å²) in [6.07, 6.45) is 0. The first-order chi connectivity index (χ1) is 7.55. The smallest absolute Gasteiger partial charge is 0.180 e. The van der Waals surface area contributed by atoms with Crippen molar-refractivity contribution in [2.24, 2.45) is 0 Å². The number of benzene rings is 1. The molecule has 0 aliphatic rings. The molecule has 0 fully saturated rings. The standard InChI is InChI=1S/C14H14O2/c1-14(2,3)12-8-11-13(16-12)9-6-4-5-7-10(9)15-11/h4-8H,1-3H3. The lowest BCUT2D eigenvalue weighted by molar-refractivity contribution is 0.431. The SMILES string of the molecule is CC(C)(C)c1cc2oc3ccccc3c2o1. The average Bonchev–Trinajstić information content (AvgIpc) is 2.72. The van der Waals surface area contributed by atoms with Crippen LogP contribution in [0.3, 0.4) is 0 Å². The quantitative estimate of drug-likeness (QED) is 0.551. The van der Waals surface area contributed by atoms with Gasteiger partial charge in [-0.05, 0) is 12.1 Å². The van der Waals surface area contributed by atoms with Crippen LogP contribution in [0.4, 0.5) is 0 Å². The maximum Gasteiger partial charge on any atom is 0.180 e. The number of rotatable bonds is 0. The van der Waals surface area contributed by atoms with E-state index in [0.717, 1.165) is 27.9 Å². The van der Waals surface area contributed by atoms with Crippen molar-refractivity contribution < 1.29 is 8.83 Å². The summed E-state index contributed by atoms with van der Waals surface area (Å²) in [4.78, 5) is 0. The molecular weight excluding hydrogens is 200 g/mol. The van der Waals surface area contributed by atoms with Gasteiger partial charge in [-0.25, -0.2) is 0 Å². The van der Waals surface area contributed by atoms with E-state index in [9.17, 15) is 0 Å². The van der Waals surface area contributed by atoms with Crippen molar-refractivity contribution in [2.75, 3.05) is 0 Å². The van der Waals surface area contributed by atoms with Gasteiger partial charge in [0.05, 0.1) is 5.39 Å². The molecule has 0 aliphatic carbocycles. The van der Waals surface area contributed by atoms with E-state index in [0.29, 0.717) is 0 Å². The molecule has 16 heavy (non-hydrogen) atoms. The minimum Gasteiger partial charge on any atom is -0.456 e. The highest BCUT2D eigenvalue weighted by Gasteiger charge is 2.21. The normalized spacial score (nSPS) is 12.7. The maximum absolute atomic E-state index is 5.89. The van der Waals surface area contributed by atoms with Gasteiger partial charge in [0.1, 0.15) is 11.3 Å². The lowest BCUT2D eigenvalue weighted by Crippen LogP contribution is -2.08. The molecule has 0 radical (unpaired) electrons. The lowest BCUT2D eigenvalue weighted by atomic mass is 9.94. The zero-order chi connectivity index (χ0) is 11.3. The second kappa shape index (κ2) is 2.91. The molecule has 2 heteroatoms. The summed E-state index contributed by atoms with van der Waals surface area (Å²) in [7, 11) is 0. The predicted octanol–water partition coefficient (Wildman–Crippen LogP) is 4.48. The van der Waals surface area contributed by atoms with E-state index in [2.05, 4.69) is 20.8 Å². The van der Waals surface area contributed by atoms with Gasteiger partial charge in [-0.3, -0.25) is 0 Å². The van der Waals surface area contributed by atoms with Crippen LogP contribution in [0.5, 0.6) is 0 Å². The summed E-state index contributed by atoms with van der Waals surface area (Å²) >= 11 is 0. The highest BCUT2D eigenvalue weighted by molar-refractivity contribution is 6.01. The van der Waals surface area contributed by atoms with E-state index in [1.807, 2.05) is 30.3 Å². The molecule has 0 amide bonds. The van der Waals surface area contributed by atoms with Crippen LogP contribution in [-0.2, 0) is 5.41 Å². The highest BCUT2D eigenvalue weighted by Crippen LogP contribution is 2.35.